The van der Waals surface area contributed by atoms with Crippen LogP contribution in [0.25, 0.3) is 0 Å². The standard InChI is InChI=1S/C6H8N.C5H5.ClH.Fe/c7-5-6-3-1-2-4-6;1-2-4-5-3-1;;/h1-4H,5,7H2;1-5H;1H;/q2*-1;;+2. The summed E-state index contributed by atoms with van der Waals surface area (Å²) in [6, 6.07) is 18.0. The molecule has 0 aliphatic carbocycles. The number of hydrogen-bond acceptors (Lipinski definition) is 1. The molecule has 0 radical (unpaired) electrons. The summed E-state index contributed by atoms with van der Waals surface area (Å²) in [5, 5.41) is 0. The van der Waals surface area contributed by atoms with E-state index in [9.17, 15) is 0 Å². The van der Waals surface area contributed by atoms with Crippen LogP contribution in [0.15, 0.2) is 54.6 Å². The fourth-order valence-corrected chi connectivity index (χ4v) is 0.871. The molecule has 0 bridgehead atoms. The SMILES string of the molecule is Cl.NC[c-]1cccc1.[Fe+2].c1cc[cH-]c1. The zero-order valence-corrected chi connectivity index (χ0v) is 9.66. The van der Waals surface area contributed by atoms with Gasteiger partial charge in [0.1, 0.15) is 0 Å². The van der Waals surface area contributed by atoms with Gasteiger partial charge in [-0.1, -0.05) is 0 Å². The maximum absolute atomic E-state index is 5.29. The molecule has 3 heteroatoms. The molecular weight excluding hydrogens is 237 g/mol. The van der Waals surface area contributed by atoms with E-state index in [4.69, 9.17) is 5.73 Å². The molecule has 0 aliphatic heterocycles. The molecule has 0 saturated heterocycles. The van der Waals surface area contributed by atoms with Gasteiger partial charge < -0.3 is 5.73 Å². The molecular formula is C11H14ClFeN. The van der Waals surface area contributed by atoms with Crippen molar-refractivity contribution in [3.63, 3.8) is 0 Å². The van der Waals surface area contributed by atoms with Crippen LogP contribution >= 0.6 is 12.4 Å². The van der Waals surface area contributed by atoms with E-state index in [-0.39, 0.29) is 29.5 Å². The summed E-state index contributed by atoms with van der Waals surface area (Å²) in [6.45, 7) is 0.660. The van der Waals surface area contributed by atoms with Crippen LogP contribution in [0.5, 0.6) is 0 Å². The van der Waals surface area contributed by atoms with Crippen molar-refractivity contribution in [2.24, 2.45) is 5.73 Å². The first-order valence-corrected chi connectivity index (χ1v) is 4.01. The van der Waals surface area contributed by atoms with Crippen LogP contribution in [0, 0.1) is 0 Å². The average molecular weight is 252 g/mol. The first-order valence-electron chi connectivity index (χ1n) is 4.01. The zero-order valence-electron chi connectivity index (χ0n) is 7.74. The first-order chi connectivity index (χ1) is 5.93. The third kappa shape index (κ3) is 6.93. The summed E-state index contributed by atoms with van der Waals surface area (Å²) < 4.78 is 0. The van der Waals surface area contributed by atoms with Gasteiger partial charge in [0.05, 0.1) is 0 Å². The molecule has 2 N–H and O–H groups in total. The van der Waals surface area contributed by atoms with E-state index in [0.717, 1.165) is 0 Å². The van der Waals surface area contributed by atoms with Crippen molar-refractivity contribution in [2.75, 3.05) is 0 Å². The van der Waals surface area contributed by atoms with Crippen LogP contribution in [0.1, 0.15) is 5.56 Å². The minimum Gasteiger partial charge on any atom is -0.337 e. The molecule has 0 saturated carbocycles. The first kappa shape index (κ1) is 15.9. The Balaban J connectivity index is 0. The van der Waals surface area contributed by atoms with Crippen molar-refractivity contribution < 1.29 is 17.1 Å². The second kappa shape index (κ2) is 10.5. The van der Waals surface area contributed by atoms with Crippen molar-refractivity contribution >= 4 is 12.4 Å². The molecule has 2 rings (SSSR count). The van der Waals surface area contributed by atoms with Gasteiger partial charge in [-0.25, -0.2) is 24.3 Å². The van der Waals surface area contributed by atoms with Gasteiger partial charge in [-0.15, -0.1) is 18.0 Å². The Morgan fingerprint density at radius 2 is 1.50 bits per heavy atom. The summed E-state index contributed by atoms with van der Waals surface area (Å²) in [6.07, 6.45) is 0. The minimum absolute atomic E-state index is 0. The van der Waals surface area contributed by atoms with E-state index in [1.165, 1.54) is 5.56 Å². The third-order valence-electron chi connectivity index (χ3n) is 1.52. The Hall–Kier alpha value is -0.531. The van der Waals surface area contributed by atoms with Crippen LogP contribution in [-0.4, -0.2) is 0 Å². The van der Waals surface area contributed by atoms with Crippen molar-refractivity contribution in [1.29, 1.82) is 0 Å². The normalized spacial score (nSPS) is 7.50. The summed E-state index contributed by atoms with van der Waals surface area (Å²) in [4.78, 5) is 0. The molecule has 0 amide bonds. The largest absolute Gasteiger partial charge is 2.00 e. The van der Waals surface area contributed by atoms with E-state index < -0.39 is 0 Å². The molecule has 2 aromatic rings. The maximum atomic E-state index is 5.29. The summed E-state index contributed by atoms with van der Waals surface area (Å²) >= 11 is 0. The van der Waals surface area contributed by atoms with Crippen LogP contribution in [0.2, 0.25) is 0 Å². The van der Waals surface area contributed by atoms with Crippen LogP contribution in [0.3, 0.4) is 0 Å². The molecule has 2 aromatic carbocycles. The second-order valence-electron chi connectivity index (χ2n) is 2.46. The quantitative estimate of drug-likeness (QED) is 0.612. The van der Waals surface area contributed by atoms with Crippen molar-refractivity contribution in [1.82, 2.24) is 0 Å². The summed E-state index contributed by atoms with van der Waals surface area (Å²) in [7, 11) is 0. The maximum Gasteiger partial charge on any atom is 2.00 e. The van der Waals surface area contributed by atoms with Crippen molar-refractivity contribution in [2.45, 2.75) is 6.54 Å². The van der Waals surface area contributed by atoms with Gasteiger partial charge >= 0.3 is 17.1 Å². The minimum atomic E-state index is 0. The summed E-state index contributed by atoms with van der Waals surface area (Å²) in [5.41, 5.74) is 6.50. The number of rotatable bonds is 1. The van der Waals surface area contributed by atoms with Gasteiger partial charge in [0, 0.05) is 0 Å². The number of halogens is 1. The van der Waals surface area contributed by atoms with E-state index >= 15 is 0 Å². The second-order valence-corrected chi connectivity index (χ2v) is 2.46. The average Bonchev–Trinajstić information content (AvgIpc) is 2.81. The van der Waals surface area contributed by atoms with Gasteiger partial charge in [-0.2, -0.15) is 30.3 Å². The molecule has 0 spiro atoms. The van der Waals surface area contributed by atoms with E-state index in [2.05, 4.69) is 0 Å². The van der Waals surface area contributed by atoms with Gasteiger partial charge in [0.15, 0.2) is 0 Å². The molecule has 0 aromatic heterocycles. The molecule has 0 unspecified atom stereocenters. The topological polar surface area (TPSA) is 26.0 Å². The Labute approximate surface area is 102 Å². The molecule has 14 heavy (non-hydrogen) atoms. The Morgan fingerprint density at radius 3 is 1.71 bits per heavy atom. The van der Waals surface area contributed by atoms with Crippen LogP contribution < -0.4 is 5.73 Å². The van der Waals surface area contributed by atoms with Crippen molar-refractivity contribution in [3.8, 4) is 0 Å². The molecule has 0 atom stereocenters. The molecule has 1 nitrogen and oxygen atoms in total. The summed E-state index contributed by atoms with van der Waals surface area (Å²) in [5.74, 6) is 0. The van der Waals surface area contributed by atoms with Gasteiger partial charge in [-0.05, 0) is 6.54 Å². The predicted molar refractivity (Wildman–Crippen MR) is 59.2 cm³/mol. The molecule has 78 valence electrons. The fourth-order valence-electron chi connectivity index (χ4n) is 0.871. The van der Waals surface area contributed by atoms with Crippen LogP contribution in [0.4, 0.5) is 0 Å². The van der Waals surface area contributed by atoms with Gasteiger partial charge in [-0.3, -0.25) is 0 Å². The molecule has 0 aliphatic rings. The monoisotopic (exact) mass is 251 g/mol. The Kier molecular flexibility index (Phi) is 12.0. The van der Waals surface area contributed by atoms with E-state index in [0.29, 0.717) is 6.54 Å². The van der Waals surface area contributed by atoms with E-state index in [1.807, 2.05) is 54.6 Å². The smallest absolute Gasteiger partial charge is 0.337 e. The fraction of sp³-hybridized carbons (Fsp3) is 0.0909. The van der Waals surface area contributed by atoms with E-state index in [1.54, 1.807) is 0 Å². The predicted octanol–water partition coefficient (Wildman–Crippen LogP) is 2.69. The Morgan fingerprint density at radius 1 is 1.00 bits per heavy atom. The Bertz CT molecular complexity index is 246. The zero-order chi connectivity index (χ0) is 8.65. The third-order valence-corrected chi connectivity index (χ3v) is 1.52. The molecule has 0 heterocycles. The molecule has 0 fully saturated rings. The number of nitrogens with two attached hydrogens (primary N) is 1. The van der Waals surface area contributed by atoms with Gasteiger partial charge in [0.2, 0.25) is 0 Å². The van der Waals surface area contributed by atoms with Gasteiger partial charge in [0.25, 0.3) is 0 Å². The van der Waals surface area contributed by atoms with Crippen molar-refractivity contribution in [3.05, 3.63) is 60.2 Å². The number of hydrogen-bond donors (Lipinski definition) is 1. The van der Waals surface area contributed by atoms with Crippen LogP contribution in [-0.2, 0) is 23.6 Å².